The second-order valence-electron chi connectivity index (χ2n) is 3.89. The maximum absolute atomic E-state index is 11.2. The molecule has 1 aliphatic rings. The molecule has 1 aromatic rings. The lowest BCUT2D eigenvalue weighted by molar-refractivity contribution is -0.138. The van der Waals surface area contributed by atoms with Crippen molar-refractivity contribution in [3.63, 3.8) is 0 Å². The topological polar surface area (TPSA) is 92.6 Å². The van der Waals surface area contributed by atoms with Crippen molar-refractivity contribution in [3.05, 3.63) is 17.8 Å². The fourth-order valence-corrected chi connectivity index (χ4v) is 2.81. The Morgan fingerprint density at radius 1 is 1.47 bits per heavy atom. The van der Waals surface area contributed by atoms with Crippen LogP contribution in [0.3, 0.4) is 0 Å². The van der Waals surface area contributed by atoms with Crippen molar-refractivity contribution in [2.24, 2.45) is 0 Å². The molecule has 0 radical (unpaired) electrons. The second-order valence-corrected chi connectivity index (χ2v) is 5.04. The number of nitrogens with zero attached hydrogens (tertiary/aromatic N) is 3. The normalized spacial score (nSPS) is 19.0. The van der Waals surface area contributed by atoms with Crippen molar-refractivity contribution in [2.45, 2.75) is 6.04 Å². The molecule has 1 aliphatic heterocycles. The van der Waals surface area contributed by atoms with Gasteiger partial charge in [-0.05, 0) is 12.1 Å². The molecule has 19 heavy (non-hydrogen) atoms. The summed E-state index contributed by atoms with van der Waals surface area (Å²) < 4.78 is 4.53. The molecule has 0 bridgehead atoms. The van der Waals surface area contributed by atoms with Gasteiger partial charge >= 0.3 is 11.9 Å². The average molecular weight is 283 g/mol. The fraction of sp³-hybridized carbons (Fsp3) is 0.455. The third-order valence-corrected chi connectivity index (χ3v) is 3.78. The van der Waals surface area contributed by atoms with Gasteiger partial charge in [0, 0.05) is 18.1 Å². The minimum Gasteiger partial charge on any atom is -0.480 e. The smallest absolute Gasteiger partial charge is 0.358 e. The van der Waals surface area contributed by atoms with Crippen LogP contribution >= 0.6 is 11.8 Å². The number of thioether (sulfide) groups is 1. The first-order valence-corrected chi connectivity index (χ1v) is 6.78. The summed E-state index contributed by atoms with van der Waals surface area (Å²) in [5.41, 5.74) is 0.101. The van der Waals surface area contributed by atoms with Gasteiger partial charge in [0.15, 0.2) is 11.5 Å². The van der Waals surface area contributed by atoms with Crippen molar-refractivity contribution in [1.82, 2.24) is 10.2 Å². The number of esters is 1. The van der Waals surface area contributed by atoms with E-state index in [0.717, 1.165) is 5.75 Å². The highest BCUT2D eigenvalue weighted by molar-refractivity contribution is 7.99. The number of carbonyl (C=O) groups is 2. The van der Waals surface area contributed by atoms with E-state index in [1.54, 1.807) is 22.7 Å². The molecule has 0 aliphatic carbocycles. The Labute approximate surface area is 114 Å². The summed E-state index contributed by atoms with van der Waals surface area (Å²) in [7, 11) is 1.26. The fourth-order valence-electron chi connectivity index (χ4n) is 1.77. The molecule has 102 valence electrons. The monoisotopic (exact) mass is 283 g/mol. The van der Waals surface area contributed by atoms with E-state index in [4.69, 9.17) is 0 Å². The Bertz CT molecular complexity index is 479. The summed E-state index contributed by atoms with van der Waals surface area (Å²) in [6.45, 7) is 0.591. The highest BCUT2D eigenvalue weighted by Crippen LogP contribution is 2.22. The molecule has 0 saturated carbocycles. The summed E-state index contributed by atoms with van der Waals surface area (Å²) in [6, 6.07) is 2.46. The van der Waals surface area contributed by atoms with E-state index in [2.05, 4.69) is 14.9 Å². The highest BCUT2D eigenvalue weighted by atomic mass is 32.2. The molecule has 0 amide bonds. The summed E-state index contributed by atoms with van der Waals surface area (Å²) >= 11 is 1.60. The number of hydrogen-bond donors (Lipinski definition) is 1. The molecule has 0 aromatic carbocycles. The van der Waals surface area contributed by atoms with Crippen LogP contribution in [0, 0.1) is 0 Å². The Hall–Kier alpha value is -1.83. The van der Waals surface area contributed by atoms with Gasteiger partial charge in [-0.1, -0.05) is 0 Å². The summed E-state index contributed by atoms with van der Waals surface area (Å²) in [5, 5.41) is 16.8. The maximum atomic E-state index is 11.2. The van der Waals surface area contributed by atoms with E-state index >= 15 is 0 Å². The Kier molecular flexibility index (Phi) is 4.20. The van der Waals surface area contributed by atoms with E-state index < -0.39 is 18.0 Å². The van der Waals surface area contributed by atoms with Crippen LogP contribution in [-0.4, -0.2) is 58.4 Å². The van der Waals surface area contributed by atoms with E-state index in [1.807, 2.05) is 0 Å². The molecule has 8 heteroatoms. The quantitative estimate of drug-likeness (QED) is 0.790. The maximum Gasteiger partial charge on any atom is 0.358 e. The summed E-state index contributed by atoms with van der Waals surface area (Å²) in [5.74, 6) is 0.356. The highest BCUT2D eigenvalue weighted by Gasteiger charge is 2.30. The van der Waals surface area contributed by atoms with Gasteiger partial charge < -0.3 is 14.7 Å². The minimum atomic E-state index is -0.883. The van der Waals surface area contributed by atoms with Crippen LogP contribution in [0.1, 0.15) is 10.5 Å². The number of carboxylic acid groups (broad SMARTS) is 1. The summed E-state index contributed by atoms with van der Waals surface area (Å²) in [4.78, 5) is 24.1. The van der Waals surface area contributed by atoms with E-state index in [0.29, 0.717) is 18.1 Å². The van der Waals surface area contributed by atoms with Crippen molar-refractivity contribution in [3.8, 4) is 0 Å². The third-order valence-electron chi connectivity index (χ3n) is 2.75. The molecule has 1 fully saturated rings. The van der Waals surface area contributed by atoms with Crippen molar-refractivity contribution in [2.75, 3.05) is 30.1 Å². The van der Waals surface area contributed by atoms with Crippen LogP contribution in [0.5, 0.6) is 0 Å². The van der Waals surface area contributed by atoms with Crippen LogP contribution < -0.4 is 4.90 Å². The van der Waals surface area contributed by atoms with E-state index in [9.17, 15) is 14.7 Å². The number of ether oxygens (including phenoxy) is 1. The Balaban J connectivity index is 2.20. The van der Waals surface area contributed by atoms with Gasteiger partial charge in [-0.25, -0.2) is 9.59 Å². The van der Waals surface area contributed by atoms with Crippen LogP contribution in [-0.2, 0) is 9.53 Å². The largest absolute Gasteiger partial charge is 0.480 e. The van der Waals surface area contributed by atoms with E-state index in [-0.39, 0.29) is 5.69 Å². The number of carboxylic acids is 1. The van der Waals surface area contributed by atoms with Crippen LogP contribution in [0.2, 0.25) is 0 Å². The van der Waals surface area contributed by atoms with Crippen LogP contribution in [0.25, 0.3) is 0 Å². The lowest BCUT2D eigenvalue weighted by atomic mass is 10.2. The average Bonchev–Trinajstić information content (AvgIpc) is 2.46. The molecular weight excluding hydrogens is 270 g/mol. The molecule has 1 atom stereocenters. The number of hydrogen-bond acceptors (Lipinski definition) is 7. The third kappa shape index (κ3) is 2.95. The molecule has 1 N–H and O–H groups in total. The molecular formula is C11H13N3O4S. The molecule has 1 aromatic heterocycles. The molecule has 2 heterocycles. The summed E-state index contributed by atoms with van der Waals surface area (Å²) in [6.07, 6.45) is 0. The number of aliphatic carboxylic acids is 1. The zero-order valence-corrected chi connectivity index (χ0v) is 11.1. The van der Waals surface area contributed by atoms with Crippen LogP contribution in [0.15, 0.2) is 12.1 Å². The number of rotatable bonds is 3. The predicted molar refractivity (Wildman–Crippen MR) is 69.5 cm³/mol. The number of aromatic nitrogens is 2. The number of anilines is 1. The number of methoxy groups -OCH3 is 1. The van der Waals surface area contributed by atoms with Gasteiger partial charge in [0.2, 0.25) is 0 Å². The van der Waals surface area contributed by atoms with Gasteiger partial charge in [-0.2, -0.15) is 11.8 Å². The lowest BCUT2D eigenvalue weighted by Gasteiger charge is -2.33. The minimum absolute atomic E-state index is 0.101. The van der Waals surface area contributed by atoms with Gasteiger partial charge in [-0.15, -0.1) is 10.2 Å². The Morgan fingerprint density at radius 3 is 2.84 bits per heavy atom. The molecule has 2 rings (SSSR count). The Morgan fingerprint density at radius 2 is 2.26 bits per heavy atom. The van der Waals surface area contributed by atoms with Gasteiger partial charge in [0.05, 0.1) is 7.11 Å². The van der Waals surface area contributed by atoms with Gasteiger partial charge in [0.25, 0.3) is 0 Å². The first-order chi connectivity index (χ1) is 9.13. The molecule has 7 nitrogen and oxygen atoms in total. The van der Waals surface area contributed by atoms with Crippen LogP contribution in [0.4, 0.5) is 5.82 Å². The lowest BCUT2D eigenvalue weighted by Crippen LogP contribution is -2.47. The SMILES string of the molecule is COC(=O)c1ccc(N2CCSCC2C(=O)O)nn1. The number of carbonyl (C=O) groups excluding carboxylic acids is 1. The standard InChI is InChI=1S/C11H13N3O4S/c1-18-11(17)7-2-3-9(13-12-7)14-4-5-19-6-8(14)10(15)16/h2-3,8H,4-6H2,1H3,(H,15,16). The van der Waals surface area contributed by atoms with Gasteiger partial charge in [-0.3, -0.25) is 0 Å². The predicted octanol–water partition coefficient (Wildman–Crippen LogP) is 0.270. The second kappa shape index (κ2) is 5.87. The molecule has 1 unspecified atom stereocenters. The first-order valence-electron chi connectivity index (χ1n) is 5.62. The molecule has 1 saturated heterocycles. The molecule has 0 spiro atoms. The van der Waals surface area contributed by atoms with E-state index in [1.165, 1.54) is 13.2 Å². The van der Waals surface area contributed by atoms with Crippen molar-refractivity contribution >= 4 is 29.5 Å². The van der Waals surface area contributed by atoms with Crippen molar-refractivity contribution < 1.29 is 19.4 Å². The first kappa shape index (κ1) is 13.6. The zero-order valence-electron chi connectivity index (χ0n) is 10.3. The van der Waals surface area contributed by atoms with Gasteiger partial charge in [0.1, 0.15) is 6.04 Å². The van der Waals surface area contributed by atoms with Crippen molar-refractivity contribution in [1.29, 1.82) is 0 Å². The zero-order chi connectivity index (χ0) is 13.8.